The quantitative estimate of drug-likeness (QED) is 0.832. The molecule has 132 valence electrons. The minimum atomic E-state index is -3.16. The summed E-state index contributed by atoms with van der Waals surface area (Å²) in [5.41, 5.74) is 3.11. The molecule has 1 aliphatic heterocycles. The zero-order valence-corrected chi connectivity index (χ0v) is 15.5. The van der Waals surface area contributed by atoms with Gasteiger partial charge in [0, 0.05) is 26.2 Å². The summed E-state index contributed by atoms with van der Waals surface area (Å²) in [4.78, 5) is 14.9. The lowest BCUT2D eigenvalue weighted by molar-refractivity contribution is -0.135. The molecular weight excluding hydrogens is 324 g/mol. The van der Waals surface area contributed by atoms with Gasteiger partial charge in [-0.15, -0.1) is 0 Å². The molecule has 6 heteroatoms. The summed E-state index contributed by atoms with van der Waals surface area (Å²) in [7, 11) is -3.16. The van der Waals surface area contributed by atoms with Crippen molar-refractivity contribution in [1.29, 1.82) is 0 Å². The van der Waals surface area contributed by atoms with Crippen molar-refractivity contribution in [2.45, 2.75) is 39.0 Å². The number of hydrogen-bond acceptors (Lipinski definition) is 3. The molecule has 0 spiro atoms. The SMILES string of the molecule is CCS(=O)(=O)N1CCN(C(=O)C2(c3cc(C)cc(C)c3)CC2)CC1. The van der Waals surface area contributed by atoms with Crippen molar-refractivity contribution >= 4 is 15.9 Å². The molecule has 1 aliphatic carbocycles. The Hall–Kier alpha value is -1.40. The maximum absolute atomic E-state index is 13.1. The molecule has 0 unspecified atom stereocenters. The number of carbonyl (C=O) groups is 1. The highest BCUT2D eigenvalue weighted by atomic mass is 32.2. The van der Waals surface area contributed by atoms with Crippen LogP contribution in [0.5, 0.6) is 0 Å². The summed E-state index contributed by atoms with van der Waals surface area (Å²) < 4.78 is 25.4. The lowest BCUT2D eigenvalue weighted by Gasteiger charge is -2.36. The summed E-state index contributed by atoms with van der Waals surface area (Å²) >= 11 is 0. The van der Waals surface area contributed by atoms with E-state index in [-0.39, 0.29) is 17.1 Å². The van der Waals surface area contributed by atoms with Crippen molar-refractivity contribution in [2.75, 3.05) is 31.9 Å². The van der Waals surface area contributed by atoms with Crippen LogP contribution in [0.2, 0.25) is 0 Å². The second-order valence-corrected chi connectivity index (χ2v) is 9.31. The molecule has 1 aromatic rings. The Labute approximate surface area is 144 Å². The fourth-order valence-electron chi connectivity index (χ4n) is 3.66. The van der Waals surface area contributed by atoms with Crippen LogP contribution in [0.15, 0.2) is 18.2 Å². The number of hydrogen-bond donors (Lipinski definition) is 0. The van der Waals surface area contributed by atoms with Crippen molar-refractivity contribution < 1.29 is 13.2 Å². The zero-order chi connectivity index (χ0) is 17.5. The predicted octanol–water partition coefficient (Wildman–Crippen LogP) is 1.83. The Morgan fingerprint density at radius 1 is 1.04 bits per heavy atom. The van der Waals surface area contributed by atoms with E-state index in [4.69, 9.17) is 0 Å². The molecule has 1 amide bonds. The van der Waals surface area contributed by atoms with Gasteiger partial charge in [-0.1, -0.05) is 29.3 Å². The topological polar surface area (TPSA) is 57.7 Å². The van der Waals surface area contributed by atoms with Crippen molar-refractivity contribution in [2.24, 2.45) is 0 Å². The molecular formula is C18H26N2O3S. The van der Waals surface area contributed by atoms with Crippen LogP contribution in [0.1, 0.15) is 36.5 Å². The highest BCUT2D eigenvalue weighted by molar-refractivity contribution is 7.89. The van der Waals surface area contributed by atoms with Crippen LogP contribution in [0, 0.1) is 13.8 Å². The molecule has 1 heterocycles. The van der Waals surface area contributed by atoms with E-state index >= 15 is 0 Å². The first kappa shape index (κ1) is 17.4. The van der Waals surface area contributed by atoms with Gasteiger partial charge in [0.15, 0.2) is 0 Å². The summed E-state index contributed by atoms with van der Waals surface area (Å²) in [6.07, 6.45) is 1.78. The average Bonchev–Trinajstić information content (AvgIpc) is 3.35. The highest BCUT2D eigenvalue weighted by Gasteiger charge is 2.53. The first-order chi connectivity index (χ1) is 11.3. The summed E-state index contributed by atoms with van der Waals surface area (Å²) in [6.45, 7) is 7.58. The van der Waals surface area contributed by atoms with Crippen LogP contribution in [0.3, 0.4) is 0 Å². The van der Waals surface area contributed by atoms with E-state index in [1.807, 2.05) is 4.90 Å². The molecule has 1 saturated carbocycles. The minimum Gasteiger partial charge on any atom is -0.339 e. The number of rotatable bonds is 4. The number of sulfonamides is 1. The molecule has 2 aliphatic rings. The molecule has 0 bridgehead atoms. The van der Waals surface area contributed by atoms with Gasteiger partial charge in [0.05, 0.1) is 11.2 Å². The van der Waals surface area contributed by atoms with E-state index in [0.717, 1.165) is 18.4 Å². The number of piperazine rings is 1. The Bertz CT molecular complexity index is 725. The van der Waals surface area contributed by atoms with Crippen molar-refractivity contribution in [1.82, 2.24) is 9.21 Å². The lowest BCUT2D eigenvalue weighted by atomic mass is 9.91. The molecule has 3 rings (SSSR count). The number of carbonyl (C=O) groups excluding carboxylic acids is 1. The number of nitrogens with zero attached hydrogens (tertiary/aromatic N) is 2. The summed E-state index contributed by atoms with van der Waals surface area (Å²) in [5.74, 6) is 0.286. The van der Waals surface area contributed by atoms with E-state index in [9.17, 15) is 13.2 Å². The van der Waals surface area contributed by atoms with E-state index in [0.29, 0.717) is 26.2 Å². The molecule has 24 heavy (non-hydrogen) atoms. The summed E-state index contributed by atoms with van der Waals surface area (Å²) in [5, 5.41) is 0. The second-order valence-electron chi connectivity index (χ2n) is 7.05. The number of benzene rings is 1. The molecule has 5 nitrogen and oxygen atoms in total. The normalized spacial score (nSPS) is 20.9. The highest BCUT2D eigenvalue weighted by Crippen LogP contribution is 2.50. The Balaban J connectivity index is 1.74. The molecule has 2 fully saturated rings. The van der Waals surface area contributed by atoms with Gasteiger partial charge < -0.3 is 4.90 Å². The van der Waals surface area contributed by atoms with Gasteiger partial charge in [0.25, 0.3) is 0 Å². The molecule has 1 aromatic carbocycles. The van der Waals surface area contributed by atoms with Gasteiger partial charge in [-0.3, -0.25) is 4.79 Å². The maximum Gasteiger partial charge on any atom is 0.233 e. The van der Waals surface area contributed by atoms with E-state index < -0.39 is 10.0 Å². The first-order valence-electron chi connectivity index (χ1n) is 8.64. The van der Waals surface area contributed by atoms with Gasteiger partial charge in [-0.2, -0.15) is 4.31 Å². The fourth-order valence-corrected chi connectivity index (χ4v) is 4.74. The second kappa shape index (κ2) is 6.15. The van der Waals surface area contributed by atoms with Gasteiger partial charge in [-0.05, 0) is 39.2 Å². The van der Waals surface area contributed by atoms with Crippen LogP contribution in [-0.4, -0.2) is 55.5 Å². The average molecular weight is 350 g/mol. The van der Waals surface area contributed by atoms with E-state index in [1.165, 1.54) is 15.4 Å². The molecule has 0 radical (unpaired) electrons. The molecule has 0 aromatic heterocycles. The van der Waals surface area contributed by atoms with E-state index in [1.54, 1.807) is 6.92 Å². The maximum atomic E-state index is 13.1. The van der Waals surface area contributed by atoms with Gasteiger partial charge in [0.2, 0.25) is 15.9 Å². The molecule has 0 atom stereocenters. The smallest absolute Gasteiger partial charge is 0.233 e. The Morgan fingerprint density at radius 2 is 1.58 bits per heavy atom. The first-order valence-corrected chi connectivity index (χ1v) is 10.3. The standard InChI is InChI=1S/C18H26N2O3S/c1-4-24(22,23)20-9-7-19(8-10-20)17(21)18(5-6-18)16-12-14(2)11-15(3)13-16/h11-13H,4-10H2,1-3H3. The summed E-state index contributed by atoms with van der Waals surface area (Å²) in [6, 6.07) is 6.36. The van der Waals surface area contributed by atoms with Crippen LogP contribution in [-0.2, 0) is 20.2 Å². The van der Waals surface area contributed by atoms with Gasteiger partial charge in [-0.25, -0.2) is 8.42 Å². The van der Waals surface area contributed by atoms with Crippen molar-refractivity contribution in [3.05, 3.63) is 34.9 Å². The molecule has 0 N–H and O–H groups in total. The van der Waals surface area contributed by atoms with E-state index in [2.05, 4.69) is 32.0 Å². The largest absolute Gasteiger partial charge is 0.339 e. The fraction of sp³-hybridized carbons (Fsp3) is 0.611. The number of amides is 1. The third-order valence-electron chi connectivity index (χ3n) is 5.22. The third-order valence-corrected chi connectivity index (χ3v) is 7.10. The predicted molar refractivity (Wildman–Crippen MR) is 94.4 cm³/mol. The van der Waals surface area contributed by atoms with Gasteiger partial charge >= 0.3 is 0 Å². The van der Waals surface area contributed by atoms with Crippen LogP contribution < -0.4 is 0 Å². The number of aryl methyl sites for hydroxylation is 2. The van der Waals surface area contributed by atoms with Crippen molar-refractivity contribution in [3.63, 3.8) is 0 Å². The van der Waals surface area contributed by atoms with Crippen LogP contribution >= 0.6 is 0 Å². The van der Waals surface area contributed by atoms with Crippen LogP contribution in [0.25, 0.3) is 0 Å². The zero-order valence-electron chi connectivity index (χ0n) is 14.7. The molecule has 1 saturated heterocycles. The van der Waals surface area contributed by atoms with Crippen LogP contribution in [0.4, 0.5) is 0 Å². The van der Waals surface area contributed by atoms with Gasteiger partial charge in [0.1, 0.15) is 0 Å². The third kappa shape index (κ3) is 3.09. The minimum absolute atomic E-state index is 0.119. The lowest BCUT2D eigenvalue weighted by Crippen LogP contribution is -2.53. The monoisotopic (exact) mass is 350 g/mol. The Morgan fingerprint density at radius 3 is 2.04 bits per heavy atom. The van der Waals surface area contributed by atoms with Crippen molar-refractivity contribution in [3.8, 4) is 0 Å². The Kier molecular flexibility index (Phi) is 4.47.